The summed E-state index contributed by atoms with van der Waals surface area (Å²) in [6, 6.07) is 0. The van der Waals surface area contributed by atoms with Crippen LogP contribution in [0, 0.1) is 0 Å². The lowest BCUT2D eigenvalue weighted by molar-refractivity contribution is 1.09. The molecule has 0 aromatic carbocycles. The molecular formula is C6H16. The largest absolute Gasteiger partial charge is 0.0656 e. The second-order valence-corrected chi connectivity index (χ2v) is 1.41. The highest BCUT2D eigenvalue weighted by atomic mass is 13.4. The lowest BCUT2D eigenvalue weighted by Gasteiger charge is -1.48. The molecule has 0 heterocycles. The van der Waals surface area contributed by atoms with Crippen molar-refractivity contribution < 1.29 is 0 Å². The molecule has 0 aliphatic carbocycles. The Hall–Kier alpha value is 0. The molecule has 0 rings (SSSR count). The van der Waals surface area contributed by atoms with Crippen molar-refractivity contribution in [1.29, 1.82) is 0 Å². The first-order valence-electron chi connectivity index (χ1n) is 2.83. The van der Waals surface area contributed by atoms with E-state index in [1.807, 2.05) is 0 Å². The third-order valence-electron chi connectivity index (χ3n) is 0. The molecule has 0 aliphatic rings. The summed E-state index contributed by atoms with van der Waals surface area (Å²) >= 11 is 0. The van der Waals surface area contributed by atoms with Gasteiger partial charge in [-0.05, 0) is 0 Å². The molecule has 0 atom stereocenters. The molecule has 0 unspecified atom stereocenters. The molecule has 0 saturated heterocycles. The highest BCUT2D eigenvalue weighted by Crippen LogP contribution is 1.56. The van der Waals surface area contributed by atoms with Gasteiger partial charge in [0, 0.05) is 0 Å². The fourth-order valence-electron chi connectivity index (χ4n) is 0. The monoisotopic (exact) mass is 88.1 g/mol. The van der Waals surface area contributed by atoms with Crippen LogP contribution >= 0.6 is 0 Å². The summed E-state index contributed by atoms with van der Waals surface area (Å²) in [5.41, 5.74) is 0. The third kappa shape index (κ3) is 0. The van der Waals surface area contributed by atoms with E-state index in [0.717, 1.165) is 0 Å². The maximum Gasteiger partial charge on any atom is -0.0590 e. The van der Waals surface area contributed by atoms with Gasteiger partial charge in [-0.1, -0.05) is 40.5 Å². The first-order valence-corrected chi connectivity index (χ1v) is 2.83. The van der Waals surface area contributed by atoms with Crippen LogP contribution in [0.25, 0.3) is 0 Å². The van der Waals surface area contributed by atoms with Gasteiger partial charge in [0.25, 0.3) is 0 Å². The summed E-state index contributed by atoms with van der Waals surface area (Å²) < 4.78 is 0. The predicted octanol–water partition coefficient (Wildman–Crippen LogP) is 2.83. The zero-order chi connectivity index (χ0) is 5.41. The van der Waals surface area contributed by atoms with Crippen LogP contribution in [0.5, 0.6) is 0 Å². The van der Waals surface area contributed by atoms with Crippen LogP contribution in [0.3, 0.4) is 0 Å². The molecule has 0 amide bonds. The second-order valence-electron chi connectivity index (χ2n) is 1.41. The minimum Gasteiger partial charge on any atom is -0.0656 e. The average molecular weight is 88.2 g/mol. The van der Waals surface area contributed by atoms with Crippen molar-refractivity contribution in [2.45, 2.75) is 40.5 Å². The Kier molecular flexibility index (Phi) is 31.2. The molecule has 0 aromatic rings. The van der Waals surface area contributed by atoms with Crippen molar-refractivity contribution in [3.05, 3.63) is 0 Å². The van der Waals surface area contributed by atoms with Gasteiger partial charge in [-0.3, -0.25) is 0 Å². The number of hydrogen-bond acceptors (Lipinski definition) is 0. The van der Waals surface area contributed by atoms with Crippen LogP contribution < -0.4 is 0 Å². The van der Waals surface area contributed by atoms with Crippen LogP contribution in [0.2, 0.25) is 0 Å². The topological polar surface area (TPSA) is 0 Å². The van der Waals surface area contributed by atoms with Gasteiger partial charge in [0.05, 0.1) is 0 Å². The van der Waals surface area contributed by atoms with Crippen molar-refractivity contribution in [3.63, 3.8) is 0 Å². The molecule has 0 N–H and O–H groups in total. The van der Waals surface area contributed by atoms with E-state index in [-0.39, 0.29) is 0 Å². The Labute approximate surface area is 41.6 Å². The first kappa shape index (κ1) is 9.38. The molecule has 0 heteroatoms. The molecule has 0 aromatic heterocycles. The van der Waals surface area contributed by atoms with Gasteiger partial charge in [-0.15, -0.1) is 0 Å². The van der Waals surface area contributed by atoms with E-state index in [1.165, 1.54) is 12.8 Å². The Bertz CT molecular complexity index is 2.00. The summed E-state index contributed by atoms with van der Waals surface area (Å²) in [4.78, 5) is 0. The molecule has 40 valence electrons. The van der Waals surface area contributed by atoms with Crippen LogP contribution in [0.1, 0.15) is 40.5 Å². The van der Waals surface area contributed by atoms with E-state index in [4.69, 9.17) is 0 Å². The lowest BCUT2D eigenvalue weighted by Crippen LogP contribution is -1.27. The summed E-state index contributed by atoms with van der Waals surface area (Å²) in [5, 5.41) is 0. The van der Waals surface area contributed by atoms with Gasteiger partial charge in [0.15, 0.2) is 0 Å². The molecule has 0 aliphatic heterocycles. The van der Waals surface area contributed by atoms with Crippen molar-refractivity contribution >= 4 is 0 Å². The molecule has 0 bridgehead atoms. The van der Waals surface area contributed by atoms with Crippen molar-refractivity contribution in [2.75, 3.05) is 0 Å². The predicted molar refractivity (Wildman–Crippen MR) is 31.9 cm³/mol. The molecule has 0 spiro atoms. The fraction of sp³-hybridized carbons (Fsp3) is 1.00. The zero-order valence-corrected chi connectivity index (χ0v) is 5.41. The van der Waals surface area contributed by atoms with Gasteiger partial charge in [0.1, 0.15) is 0 Å². The minimum atomic E-state index is 1.25. The standard InChI is InChI=1S/2C3H8/c2*1-3-2/h2*3H2,1-2H3. The lowest BCUT2D eigenvalue weighted by atomic mass is 10.6. The van der Waals surface area contributed by atoms with Gasteiger partial charge >= 0.3 is 0 Å². The summed E-state index contributed by atoms with van der Waals surface area (Å²) in [7, 11) is 0. The SMILES string of the molecule is CCC.CCC. The third-order valence-corrected chi connectivity index (χ3v) is 0. The van der Waals surface area contributed by atoms with E-state index >= 15 is 0 Å². The molecule has 6 heavy (non-hydrogen) atoms. The minimum absolute atomic E-state index is 1.25. The van der Waals surface area contributed by atoms with Gasteiger partial charge in [-0.25, -0.2) is 0 Å². The first-order chi connectivity index (χ1) is 2.83. The van der Waals surface area contributed by atoms with E-state index in [1.54, 1.807) is 0 Å². The maximum atomic E-state index is 2.12. The number of hydrogen-bond donors (Lipinski definition) is 0. The zero-order valence-electron chi connectivity index (χ0n) is 5.41. The van der Waals surface area contributed by atoms with Gasteiger partial charge < -0.3 is 0 Å². The average Bonchev–Trinajstić information content (AvgIpc) is 1.39. The van der Waals surface area contributed by atoms with Crippen LogP contribution in [-0.2, 0) is 0 Å². The smallest absolute Gasteiger partial charge is 0.0590 e. The van der Waals surface area contributed by atoms with Crippen molar-refractivity contribution in [3.8, 4) is 0 Å². The van der Waals surface area contributed by atoms with E-state index in [0.29, 0.717) is 0 Å². The van der Waals surface area contributed by atoms with Crippen LogP contribution in [0.4, 0.5) is 0 Å². The Morgan fingerprint density at radius 1 is 0.667 bits per heavy atom. The van der Waals surface area contributed by atoms with E-state index < -0.39 is 0 Å². The molecule has 0 nitrogen and oxygen atoms in total. The summed E-state index contributed by atoms with van der Waals surface area (Å²) in [6.45, 7) is 8.50. The highest BCUT2D eigenvalue weighted by Gasteiger charge is 1.36. The molecule has 0 radical (unpaired) electrons. The number of rotatable bonds is 0. The quantitative estimate of drug-likeness (QED) is 0.427. The normalized spacial score (nSPS) is 6.00. The highest BCUT2D eigenvalue weighted by molar-refractivity contribution is 3.92. The van der Waals surface area contributed by atoms with Crippen molar-refractivity contribution in [2.24, 2.45) is 0 Å². The second kappa shape index (κ2) is 20.0. The van der Waals surface area contributed by atoms with E-state index in [2.05, 4.69) is 27.7 Å². The molecule has 0 fully saturated rings. The van der Waals surface area contributed by atoms with Crippen molar-refractivity contribution in [1.82, 2.24) is 0 Å². The van der Waals surface area contributed by atoms with E-state index in [9.17, 15) is 0 Å². The van der Waals surface area contributed by atoms with Crippen LogP contribution in [0.15, 0.2) is 0 Å². The van der Waals surface area contributed by atoms with Gasteiger partial charge in [0.2, 0.25) is 0 Å². The van der Waals surface area contributed by atoms with Gasteiger partial charge in [-0.2, -0.15) is 0 Å². The fourth-order valence-corrected chi connectivity index (χ4v) is 0. The summed E-state index contributed by atoms with van der Waals surface area (Å²) in [6.07, 6.45) is 2.50. The maximum absolute atomic E-state index is 2.12. The molecule has 0 saturated carbocycles. The Morgan fingerprint density at radius 2 is 0.667 bits per heavy atom. The van der Waals surface area contributed by atoms with Crippen LogP contribution in [-0.4, -0.2) is 0 Å². The molecular weight excluding hydrogens is 72.1 g/mol. The summed E-state index contributed by atoms with van der Waals surface area (Å²) in [5.74, 6) is 0. The Balaban J connectivity index is 0. The Morgan fingerprint density at radius 3 is 0.667 bits per heavy atom.